The minimum Gasteiger partial charge on any atom is -0.388 e. The first-order valence-electron chi connectivity index (χ1n) is 7.12. The summed E-state index contributed by atoms with van der Waals surface area (Å²) in [6.45, 7) is 5.13. The molecular weight excluding hydrogens is 272 g/mol. The van der Waals surface area contributed by atoms with Crippen molar-refractivity contribution < 1.29 is 4.74 Å². The molecule has 1 aromatic heterocycles. The molecule has 0 spiro atoms. The number of aromatic nitrogens is 2. The highest BCUT2D eigenvalue weighted by Crippen LogP contribution is 2.32. The Kier molecular flexibility index (Phi) is 4.88. The monoisotopic (exact) mass is 294 g/mol. The summed E-state index contributed by atoms with van der Waals surface area (Å²) in [6, 6.07) is 2.05. The van der Waals surface area contributed by atoms with Crippen molar-refractivity contribution in [3.63, 3.8) is 0 Å². The van der Waals surface area contributed by atoms with E-state index in [1.54, 1.807) is 12.3 Å². The lowest BCUT2D eigenvalue weighted by molar-refractivity contribution is -0.0865. The fraction of sp³-hybridized carbons (Fsp3) is 0.643. The number of thiocarbonyl (C=S) groups is 1. The first kappa shape index (κ1) is 15.1. The van der Waals surface area contributed by atoms with Gasteiger partial charge in [-0.05, 0) is 31.7 Å². The van der Waals surface area contributed by atoms with Gasteiger partial charge in [0.1, 0.15) is 10.7 Å². The van der Waals surface area contributed by atoms with E-state index in [-0.39, 0.29) is 5.60 Å². The van der Waals surface area contributed by atoms with Gasteiger partial charge in [0, 0.05) is 18.8 Å². The molecule has 0 radical (unpaired) electrons. The third-order valence-corrected chi connectivity index (χ3v) is 4.23. The molecule has 5 nitrogen and oxygen atoms in total. The number of hydrogen-bond acceptors (Lipinski definition) is 5. The normalized spacial score (nSPS) is 21.4. The van der Waals surface area contributed by atoms with Gasteiger partial charge in [0.15, 0.2) is 0 Å². The summed E-state index contributed by atoms with van der Waals surface area (Å²) in [5, 5.41) is 3.38. The Morgan fingerprint density at radius 3 is 2.95 bits per heavy atom. The van der Waals surface area contributed by atoms with Gasteiger partial charge >= 0.3 is 0 Å². The maximum atomic E-state index is 5.97. The topological polar surface area (TPSA) is 73.1 Å². The fourth-order valence-corrected chi connectivity index (χ4v) is 2.76. The Bertz CT molecular complexity index is 476. The Balaban J connectivity index is 2.06. The lowest BCUT2D eigenvalue weighted by Gasteiger charge is -2.40. The smallest absolute Gasteiger partial charge is 0.223 e. The van der Waals surface area contributed by atoms with Gasteiger partial charge in [-0.2, -0.15) is 0 Å². The highest BCUT2D eigenvalue weighted by atomic mass is 32.1. The van der Waals surface area contributed by atoms with E-state index in [9.17, 15) is 0 Å². The molecule has 110 valence electrons. The van der Waals surface area contributed by atoms with Crippen LogP contribution in [0.15, 0.2) is 12.3 Å². The number of nitrogens with zero attached hydrogens (tertiary/aromatic N) is 2. The van der Waals surface area contributed by atoms with E-state index < -0.39 is 0 Å². The predicted octanol–water partition coefficient (Wildman–Crippen LogP) is 2.26. The lowest BCUT2D eigenvalue weighted by Crippen LogP contribution is -2.43. The standard InChI is InChI=1S/C14H22N4OS/c1-3-14(4-2)9-10(6-8-19-14)17-13-16-7-5-11(18-13)12(15)20/h5,7,10H,3-4,6,8-9H2,1-2H3,(H2,15,20)(H,16,17,18). The summed E-state index contributed by atoms with van der Waals surface area (Å²) in [7, 11) is 0. The number of ether oxygens (including phenoxy) is 1. The number of anilines is 1. The van der Waals surface area contributed by atoms with Crippen LogP contribution >= 0.6 is 12.2 Å². The first-order valence-corrected chi connectivity index (χ1v) is 7.52. The molecule has 20 heavy (non-hydrogen) atoms. The summed E-state index contributed by atoms with van der Waals surface area (Å²) < 4.78 is 5.97. The van der Waals surface area contributed by atoms with Crippen molar-refractivity contribution in [2.24, 2.45) is 5.73 Å². The Hall–Kier alpha value is -1.27. The molecule has 2 heterocycles. The second kappa shape index (κ2) is 6.45. The zero-order chi connectivity index (χ0) is 14.6. The summed E-state index contributed by atoms with van der Waals surface area (Å²) in [5.41, 5.74) is 6.18. The van der Waals surface area contributed by atoms with Gasteiger partial charge in [-0.25, -0.2) is 9.97 Å². The molecular formula is C14H22N4OS. The van der Waals surface area contributed by atoms with Gasteiger partial charge in [-0.1, -0.05) is 26.1 Å². The average Bonchev–Trinajstić information content (AvgIpc) is 2.47. The molecule has 6 heteroatoms. The van der Waals surface area contributed by atoms with E-state index >= 15 is 0 Å². The quantitative estimate of drug-likeness (QED) is 0.812. The van der Waals surface area contributed by atoms with Crippen molar-refractivity contribution in [2.75, 3.05) is 11.9 Å². The lowest BCUT2D eigenvalue weighted by atomic mass is 9.86. The van der Waals surface area contributed by atoms with Gasteiger partial charge < -0.3 is 15.8 Å². The second-order valence-corrected chi connectivity index (χ2v) is 5.64. The van der Waals surface area contributed by atoms with Gasteiger partial charge in [-0.15, -0.1) is 0 Å². The van der Waals surface area contributed by atoms with Crippen LogP contribution in [0.3, 0.4) is 0 Å². The van der Waals surface area contributed by atoms with Crippen LogP contribution in [0.2, 0.25) is 0 Å². The maximum absolute atomic E-state index is 5.97. The van der Waals surface area contributed by atoms with Crippen molar-refractivity contribution >= 4 is 23.2 Å². The van der Waals surface area contributed by atoms with Crippen molar-refractivity contribution in [1.29, 1.82) is 0 Å². The Morgan fingerprint density at radius 1 is 1.55 bits per heavy atom. The molecule has 1 aliphatic rings. The molecule has 2 rings (SSSR count). The largest absolute Gasteiger partial charge is 0.388 e. The number of nitrogens with two attached hydrogens (primary N) is 1. The molecule has 0 aromatic carbocycles. The van der Waals surface area contributed by atoms with Crippen LogP contribution in [0.25, 0.3) is 0 Å². The average molecular weight is 294 g/mol. The van der Waals surface area contributed by atoms with Crippen LogP contribution in [-0.2, 0) is 4.74 Å². The minimum absolute atomic E-state index is 0.0172. The Labute approximate surface area is 125 Å². The van der Waals surface area contributed by atoms with Crippen molar-refractivity contribution in [3.05, 3.63) is 18.0 Å². The van der Waals surface area contributed by atoms with Crippen molar-refractivity contribution in [3.8, 4) is 0 Å². The first-order chi connectivity index (χ1) is 9.58. The van der Waals surface area contributed by atoms with E-state index in [4.69, 9.17) is 22.7 Å². The molecule has 1 unspecified atom stereocenters. The zero-order valence-corrected chi connectivity index (χ0v) is 12.9. The fourth-order valence-electron chi connectivity index (χ4n) is 2.64. The summed E-state index contributed by atoms with van der Waals surface area (Å²) in [5.74, 6) is 0.586. The molecule has 3 N–H and O–H groups in total. The third kappa shape index (κ3) is 3.43. The second-order valence-electron chi connectivity index (χ2n) is 5.20. The van der Waals surface area contributed by atoms with Crippen LogP contribution in [0.5, 0.6) is 0 Å². The summed E-state index contributed by atoms with van der Waals surface area (Å²) >= 11 is 4.94. The summed E-state index contributed by atoms with van der Waals surface area (Å²) in [6.07, 6.45) is 5.66. The van der Waals surface area contributed by atoms with E-state index in [1.807, 2.05) is 0 Å². The number of rotatable bonds is 5. The van der Waals surface area contributed by atoms with Gasteiger partial charge in [0.05, 0.1) is 5.60 Å². The van der Waals surface area contributed by atoms with E-state index in [1.165, 1.54) is 0 Å². The van der Waals surface area contributed by atoms with E-state index in [0.717, 1.165) is 32.3 Å². The molecule has 1 aromatic rings. The zero-order valence-electron chi connectivity index (χ0n) is 12.1. The van der Waals surface area contributed by atoms with Crippen LogP contribution in [-0.4, -0.2) is 33.2 Å². The number of nitrogens with one attached hydrogen (secondary N) is 1. The van der Waals surface area contributed by atoms with Gasteiger partial charge in [0.25, 0.3) is 0 Å². The van der Waals surface area contributed by atoms with E-state index in [2.05, 4.69) is 29.1 Å². The molecule has 0 aliphatic carbocycles. The highest BCUT2D eigenvalue weighted by molar-refractivity contribution is 7.80. The van der Waals surface area contributed by atoms with Gasteiger partial charge in [-0.3, -0.25) is 0 Å². The van der Waals surface area contributed by atoms with Gasteiger partial charge in [0.2, 0.25) is 5.95 Å². The molecule has 1 fully saturated rings. The third-order valence-electron chi connectivity index (χ3n) is 4.02. The van der Waals surface area contributed by atoms with Crippen LogP contribution < -0.4 is 11.1 Å². The van der Waals surface area contributed by atoms with Crippen LogP contribution in [0.1, 0.15) is 45.2 Å². The Morgan fingerprint density at radius 2 is 2.30 bits per heavy atom. The van der Waals surface area contributed by atoms with Crippen LogP contribution in [0.4, 0.5) is 5.95 Å². The maximum Gasteiger partial charge on any atom is 0.223 e. The number of hydrogen-bond donors (Lipinski definition) is 2. The van der Waals surface area contributed by atoms with Crippen molar-refractivity contribution in [1.82, 2.24) is 9.97 Å². The van der Waals surface area contributed by atoms with Crippen LogP contribution in [0, 0.1) is 0 Å². The SMILES string of the molecule is CCC1(CC)CC(Nc2nccc(C(N)=S)n2)CCO1. The minimum atomic E-state index is -0.0172. The molecule has 1 aliphatic heterocycles. The molecule has 0 amide bonds. The van der Waals surface area contributed by atoms with Crippen molar-refractivity contribution in [2.45, 2.75) is 51.2 Å². The highest BCUT2D eigenvalue weighted by Gasteiger charge is 2.34. The summed E-state index contributed by atoms with van der Waals surface area (Å²) in [4.78, 5) is 8.86. The molecule has 1 atom stereocenters. The predicted molar refractivity (Wildman–Crippen MR) is 83.8 cm³/mol. The molecule has 1 saturated heterocycles. The van der Waals surface area contributed by atoms with E-state index in [0.29, 0.717) is 22.7 Å². The molecule has 0 saturated carbocycles. The molecule has 0 bridgehead atoms.